The van der Waals surface area contributed by atoms with E-state index in [1.54, 1.807) is 12.3 Å². The summed E-state index contributed by atoms with van der Waals surface area (Å²) in [7, 11) is 0. The third-order valence-electron chi connectivity index (χ3n) is 5.80. The summed E-state index contributed by atoms with van der Waals surface area (Å²) in [5.74, 6) is 0. The van der Waals surface area contributed by atoms with E-state index in [9.17, 15) is 0 Å². The molecule has 3 nitrogen and oxygen atoms in total. The molecule has 0 saturated carbocycles. The van der Waals surface area contributed by atoms with E-state index < -0.39 is 0 Å². The van der Waals surface area contributed by atoms with Gasteiger partial charge < -0.3 is 0 Å². The van der Waals surface area contributed by atoms with Crippen LogP contribution < -0.4 is 0 Å². The number of nitrogens with zero attached hydrogens (tertiary/aromatic N) is 3. The second-order valence-corrected chi connectivity index (χ2v) is 8.92. The van der Waals surface area contributed by atoms with Gasteiger partial charge in [-0.1, -0.05) is 60.7 Å². The van der Waals surface area contributed by atoms with E-state index in [-0.39, 0.29) is 0 Å². The Kier molecular flexibility index (Phi) is 4.68. The molecule has 6 rings (SSSR count). The number of benzene rings is 3. The monoisotopic (exact) mass is 439 g/mol. The highest BCUT2D eigenvalue weighted by Crippen LogP contribution is 2.38. The van der Waals surface area contributed by atoms with E-state index in [1.165, 1.54) is 31.3 Å². The maximum atomic E-state index is 9.15. The number of aromatic nitrogens is 2. The first-order valence-electron chi connectivity index (χ1n) is 10.6. The highest BCUT2D eigenvalue weighted by molar-refractivity contribution is 7.25. The van der Waals surface area contributed by atoms with Gasteiger partial charge in [0.1, 0.15) is 11.8 Å². The molecule has 3 heterocycles. The largest absolute Gasteiger partial charge is 0.248 e. The van der Waals surface area contributed by atoms with Gasteiger partial charge in [-0.15, -0.1) is 11.3 Å². The van der Waals surface area contributed by atoms with Crippen molar-refractivity contribution in [2.75, 3.05) is 0 Å². The van der Waals surface area contributed by atoms with Crippen LogP contribution in [0.5, 0.6) is 0 Å². The Morgan fingerprint density at radius 3 is 2.00 bits per heavy atom. The third kappa shape index (κ3) is 3.55. The predicted molar refractivity (Wildman–Crippen MR) is 136 cm³/mol. The number of fused-ring (bicyclic) bond motifs is 3. The van der Waals surface area contributed by atoms with Crippen molar-refractivity contribution in [1.29, 1.82) is 5.26 Å². The van der Waals surface area contributed by atoms with Crippen LogP contribution in [0.4, 0.5) is 0 Å². The SMILES string of the molecule is N#Cc1cc(-c2cccc(-c3ccc4c(c3)sc3cc(-c5ccccc5)ccc34)n2)ccn1. The lowest BCUT2D eigenvalue weighted by Gasteiger charge is -2.06. The van der Waals surface area contributed by atoms with Crippen molar-refractivity contribution in [3.05, 3.63) is 109 Å². The van der Waals surface area contributed by atoms with Gasteiger partial charge in [-0.05, 0) is 47.5 Å². The van der Waals surface area contributed by atoms with Gasteiger partial charge in [0.2, 0.25) is 0 Å². The zero-order valence-electron chi connectivity index (χ0n) is 17.6. The second-order valence-electron chi connectivity index (χ2n) is 7.84. The van der Waals surface area contributed by atoms with Crippen molar-refractivity contribution in [2.45, 2.75) is 0 Å². The van der Waals surface area contributed by atoms with Crippen LogP contribution in [0.15, 0.2) is 103 Å². The topological polar surface area (TPSA) is 49.6 Å². The molecular weight excluding hydrogens is 422 g/mol. The van der Waals surface area contributed by atoms with Crippen molar-refractivity contribution < 1.29 is 0 Å². The van der Waals surface area contributed by atoms with Gasteiger partial charge in [0, 0.05) is 37.5 Å². The smallest absolute Gasteiger partial charge is 0.141 e. The summed E-state index contributed by atoms with van der Waals surface area (Å²) >= 11 is 1.81. The minimum Gasteiger partial charge on any atom is -0.248 e. The molecule has 0 saturated heterocycles. The Balaban J connectivity index is 1.42. The van der Waals surface area contributed by atoms with E-state index in [0.717, 1.165) is 22.5 Å². The molecule has 0 spiro atoms. The summed E-state index contributed by atoms with van der Waals surface area (Å²) in [6.07, 6.45) is 1.65. The summed E-state index contributed by atoms with van der Waals surface area (Å²) in [4.78, 5) is 8.93. The Bertz CT molecular complexity index is 1680. The van der Waals surface area contributed by atoms with E-state index >= 15 is 0 Å². The maximum Gasteiger partial charge on any atom is 0.141 e. The fourth-order valence-electron chi connectivity index (χ4n) is 4.15. The van der Waals surface area contributed by atoms with Gasteiger partial charge in [-0.2, -0.15) is 5.26 Å². The van der Waals surface area contributed by atoms with E-state index in [1.807, 2.05) is 41.7 Å². The molecule has 33 heavy (non-hydrogen) atoms. The van der Waals surface area contributed by atoms with Gasteiger partial charge in [0.05, 0.1) is 11.4 Å². The number of rotatable bonds is 3. The van der Waals surface area contributed by atoms with Crippen molar-refractivity contribution in [3.63, 3.8) is 0 Å². The minimum atomic E-state index is 0.390. The lowest BCUT2D eigenvalue weighted by molar-refractivity contribution is 1.25. The lowest BCUT2D eigenvalue weighted by Crippen LogP contribution is -1.89. The van der Waals surface area contributed by atoms with Gasteiger partial charge in [0.15, 0.2) is 0 Å². The molecule has 0 aliphatic carbocycles. The lowest BCUT2D eigenvalue weighted by atomic mass is 10.0. The first kappa shape index (κ1) is 19.4. The zero-order valence-corrected chi connectivity index (χ0v) is 18.4. The quantitative estimate of drug-likeness (QED) is 0.284. The summed E-state index contributed by atoms with van der Waals surface area (Å²) in [5, 5.41) is 11.7. The van der Waals surface area contributed by atoms with Crippen LogP contribution in [0.3, 0.4) is 0 Å². The Morgan fingerprint density at radius 2 is 1.27 bits per heavy atom. The molecule has 3 aromatic heterocycles. The number of nitriles is 1. The molecule has 4 heteroatoms. The fraction of sp³-hybridized carbons (Fsp3) is 0. The standard InChI is InChI=1S/C29H17N3S/c30-18-23-15-22(13-14-31-23)27-8-4-7-26(32-27)21-10-12-25-24-11-9-20(19-5-2-1-3-6-19)16-28(24)33-29(25)17-21/h1-17H. The van der Waals surface area contributed by atoms with Crippen LogP contribution in [-0.2, 0) is 0 Å². The summed E-state index contributed by atoms with van der Waals surface area (Å²) in [5.41, 5.74) is 6.56. The minimum absolute atomic E-state index is 0.390. The van der Waals surface area contributed by atoms with Crippen molar-refractivity contribution in [2.24, 2.45) is 0 Å². The molecule has 6 aromatic rings. The molecule has 3 aromatic carbocycles. The number of hydrogen-bond acceptors (Lipinski definition) is 4. The Labute approximate surface area is 195 Å². The molecule has 0 bridgehead atoms. The van der Waals surface area contributed by atoms with Crippen LogP contribution in [0.1, 0.15) is 5.69 Å². The van der Waals surface area contributed by atoms with Crippen LogP contribution in [0.25, 0.3) is 53.8 Å². The van der Waals surface area contributed by atoms with Crippen LogP contribution in [-0.4, -0.2) is 9.97 Å². The molecule has 154 valence electrons. The van der Waals surface area contributed by atoms with E-state index in [2.05, 4.69) is 71.7 Å². The Hall–Kier alpha value is -4.33. The molecule has 0 aliphatic heterocycles. The highest BCUT2D eigenvalue weighted by Gasteiger charge is 2.10. The van der Waals surface area contributed by atoms with Gasteiger partial charge in [0.25, 0.3) is 0 Å². The molecule has 0 fully saturated rings. The fourth-order valence-corrected chi connectivity index (χ4v) is 5.34. The first-order chi connectivity index (χ1) is 16.3. The van der Waals surface area contributed by atoms with Gasteiger partial charge >= 0.3 is 0 Å². The molecular formula is C29H17N3S. The van der Waals surface area contributed by atoms with Crippen LogP contribution in [0, 0.1) is 11.3 Å². The molecule has 0 radical (unpaired) electrons. The zero-order chi connectivity index (χ0) is 22.2. The second kappa shape index (κ2) is 7.98. The van der Waals surface area contributed by atoms with Crippen molar-refractivity contribution in [3.8, 4) is 39.7 Å². The van der Waals surface area contributed by atoms with Crippen molar-refractivity contribution in [1.82, 2.24) is 9.97 Å². The number of thiophene rings is 1. The van der Waals surface area contributed by atoms with Gasteiger partial charge in [-0.3, -0.25) is 0 Å². The molecule has 0 amide bonds. The van der Waals surface area contributed by atoms with Crippen molar-refractivity contribution >= 4 is 31.5 Å². The molecule has 0 atom stereocenters. The summed E-state index contributed by atoms with van der Waals surface area (Å²) in [6.45, 7) is 0. The third-order valence-corrected chi connectivity index (χ3v) is 6.91. The average Bonchev–Trinajstić information content (AvgIpc) is 3.26. The number of pyridine rings is 2. The first-order valence-corrected chi connectivity index (χ1v) is 11.5. The van der Waals surface area contributed by atoms with Gasteiger partial charge in [-0.25, -0.2) is 9.97 Å². The average molecular weight is 440 g/mol. The normalized spacial score (nSPS) is 11.0. The predicted octanol–water partition coefficient (Wildman–Crippen LogP) is 7.72. The van der Waals surface area contributed by atoms with Crippen LogP contribution >= 0.6 is 11.3 Å². The summed E-state index contributed by atoms with van der Waals surface area (Å²) in [6, 6.07) is 35.5. The maximum absolute atomic E-state index is 9.15. The van der Waals surface area contributed by atoms with Crippen LogP contribution in [0.2, 0.25) is 0 Å². The number of hydrogen-bond donors (Lipinski definition) is 0. The summed E-state index contributed by atoms with van der Waals surface area (Å²) < 4.78 is 2.53. The molecule has 0 unspecified atom stereocenters. The van der Waals surface area contributed by atoms with E-state index in [4.69, 9.17) is 10.2 Å². The molecule has 0 aliphatic rings. The van der Waals surface area contributed by atoms with E-state index in [0.29, 0.717) is 5.69 Å². The molecule has 0 N–H and O–H groups in total. The highest BCUT2D eigenvalue weighted by atomic mass is 32.1. The Morgan fingerprint density at radius 1 is 0.606 bits per heavy atom.